The highest BCUT2D eigenvalue weighted by Crippen LogP contribution is 2.12. The quantitative estimate of drug-likeness (QED) is 0.541. The molecule has 0 bridgehead atoms. The molecule has 0 aliphatic heterocycles. The lowest BCUT2D eigenvalue weighted by Crippen LogP contribution is -2.12. The molecule has 0 amide bonds. The summed E-state index contributed by atoms with van der Waals surface area (Å²) in [6, 6.07) is 0. The van der Waals surface area contributed by atoms with E-state index in [1.54, 1.807) is 13.8 Å². The van der Waals surface area contributed by atoms with Gasteiger partial charge in [-0.2, -0.15) is 0 Å². The fraction of sp³-hybridized carbons (Fsp3) is 0.733. The second-order valence-electron chi connectivity index (χ2n) is 4.74. The van der Waals surface area contributed by atoms with Crippen LogP contribution in [0.5, 0.6) is 0 Å². The molecule has 19 heavy (non-hydrogen) atoms. The zero-order chi connectivity index (χ0) is 15.3. The average molecular weight is 272 g/mol. The van der Waals surface area contributed by atoms with E-state index in [4.69, 9.17) is 9.84 Å². The molecule has 0 aliphatic carbocycles. The van der Waals surface area contributed by atoms with Crippen LogP contribution in [0.25, 0.3) is 0 Å². The number of hydrogen-bond acceptors (Lipinski definition) is 3. The smallest absolute Gasteiger partial charge is 0.330 e. The third kappa shape index (κ3) is 14.6. The molecule has 0 saturated heterocycles. The van der Waals surface area contributed by atoms with Gasteiger partial charge in [-0.05, 0) is 12.3 Å². The minimum Gasteiger partial charge on any atom is -0.481 e. The molecule has 0 heterocycles. The van der Waals surface area contributed by atoms with Crippen LogP contribution in [0.1, 0.15) is 53.4 Å². The van der Waals surface area contributed by atoms with Gasteiger partial charge in [-0.3, -0.25) is 4.79 Å². The van der Waals surface area contributed by atoms with Gasteiger partial charge < -0.3 is 9.84 Å². The van der Waals surface area contributed by atoms with Gasteiger partial charge in [0.15, 0.2) is 0 Å². The first kappa shape index (κ1) is 20.0. The van der Waals surface area contributed by atoms with Gasteiger partial charge in [0.1, 0.15) is 0 Å². The maximum absolute atomic E-state index is 10.8. The third-order valence-corrected chi connectivity index (χ3v) is 2.67. The summed E-state index contributed by atoms with van der Waals surface area (Å²) in [6.45, 7) is 11.5. The summed E-state index contributed by atoms with van der Waals surface area (Å²) in [4.78, 5) is 20.5. The second kappa shape index (κ2) is 13.1. The molecule has 0 fully saturated rings. The van der Waals surface area contributed by atoms with Gasteiger partial charge in [-0.25, -0.2) is 4.79 Å². The van der Waals surface area contributed by atoms with Crippen molar-refractivity contribution in [1.29, 1.82) is 0 Å². The van der Waals surface area contributed by atoms with Gasteiger partial charge in [0.25, 0.3) is 0 Å². The summed E-state index contributed by atoms with van der Waals surface area (Å²) < 4.78 is 4.98. The van der Waals surface area contributed by atoms with E-state index in [9.17, 15) is 9.59 Å². The molecule has 112 valence electrons. The Morgan fingerprint density at radius 2 is 1.84 bits per heavy atom. The summed E-state index contributed by atoms with van der Waals surface area (Å²) in [7, 11) is 0. The number of ether oxygens (including phenoxy) is 1. The Hall–Kier alpha value is -1.32. The van der Waals surface area contributed by atoms with Crippen molar-refractivity contribution in [2.45, 2.75) is 53.4 Å². The second-order valence-corrected chi connectivity index (χ2v) is 4.74. The lowest BCUT2D eigenvalue weighted by Gasteiger charge is -2.13. The Kier molecular flexibility index (Phi) is 13.8. The van der Waals surface area contributed by atoms with Crippen LogP contribution in [0.3, 0.4) is 0 Å². The highest BCUT2D eigenvalue weighted by Gasteiger charge is 2.07. The summed E-state index contributed by atoms with van der Waals surface area (Å²) in [5.74, 6) is -0.765. The largest absolute Gasteiger partial charge is 0.481 e. The highest BCUT2D eigenvalue weighted by atomic mass is 16.5. The van der Waals surface area contributed by atoms with Crippen LogP contribution in [-0.4, -0.2) is 23.7 Å². The van der Waals surface area contributed by atoms with E-state index in [1.165, 1.54) is 18.9 Å². The van der Waals surface area contributed by atoms with Crippen LogP contribution in [0.15, 0.2) is 12.7 Å². The number of hydrogen-bond donors (Lipinski definition) is 1. The van der Waals surface area contributed by atoms with Crippen molar-refractivity contribution in [3.63, 3.8) is 0 Å². The molecular formula is C15H28O4. The Bertz CT molecular complexity index is 259. The topological polar surface area (TPSA) is 63.6 Å². The van der Waals surface area contributed by atoms with Crippen LogP contribution in [0, 0.1) is 11.8 Å². The van der Waals surface area contributed by atoms with E-state index in [0.717, 1.165) is 12.8 Å². The molecule has 0 aromatic heterocycles. The van der Waals surface area contributed by atoms with Crippen LogP contribution in [-0.2, 0) is 14.3 Å². The van der Waals surface area contributed by atoms with Gasteiger partial charge in [0.05, 0.1) is 12.5 Å². The molecule has 0 spiro atoms. The third-order valence-electron chi connectivity index (χ3n) is 2.67. The number of unbranched alkanes of at least 4 members (excludes halogenated alkanes) is 1. The van der Waals surface area contributed by atoms with Crippen molar-refractivity contribution in [3.05, 3.63) is 12.7 Å². The molecular weight excluding hydrogens is 244 g/mol. The van der Waals surface area contributed by atoms with Gasteiger partial charge in [-0.15, -0.1) is 0 Å². The zero-order valence-corrected chi connectivity index (χ0v) is 12.6. The summed E-state index contributed by atoms with van der Waals surface area (Å²) in [5, 5.41) is 7.99. The lowest BCUT2D eigenvalue weighted by atomic mass is 10.0. The van der Waals surface area contributed by atoms with Gasteiger partial charge in [0, 0.05) is 6.08 Å². The molecule has 0 aromatic rings. The van der Waals surface area contributed by atoms with Crippen LogP contribution in [0.2, 0.25) is 0 Å². The van der Waals surface area contributed by atoms with E-state index >= 15 is 0 Å². The number of esters is 1. The number of carboxylic acids is 1. The number of rotatable bonds is 8. The van der Waals surface area contributed by atoms with Crippen LogP contribution in [0.4, 0.5) is 0 Å². The van der Waals surface area contributed by atoms with Crippen molar-refractivity contribution < 1.29 is 19.4 Å². The summed E-state index contributed by atoms with van der Waals surface area (Å²) in [6.07, 6.45) is 5.85. The minimum absolute atomic E-state index is 0.231. The Balaban J connectivity index is 0. The molecule has 0 saturated carbocycles. The maximum Gasteiger partial charge on any atom is 0.330 e. The molecule has 0 rings (SSSR count). The Morgan fingerprint density at radius 1 is 1.32 bits per heavy atom. The van der Waals surface area contributed by atoms with Gasteiger partial charge in [0.2, 0.25) is 0 Å². The first-order valence-electron chi connectivity index (χ1n) is 6.90. The van der Waals surface area contributed by atoms with E-state index in [1.807, 2.05) is 0 Å². The Morgan fingerprint density at radius 3 is 2.16 bits per heavy atom. The van der Waals surface area contributed by atoms with Gasteiger partial charge in [-0.1, -0.05) is 53.5 Å². The molecule has 4 nitrogen and oxygen atoms in total. The van der Waals surface area contributed by atoms with Crippen LogP contribution < -0.4 is 0 Å². The monoisotopic (exact) mass is 272 g/mol. The lowest BCUT2D eigenvalue weighted by molar-refractivity contribution is -0.140. The summed E-state index contributed by atoms with van der Waals surface area (Å²) in [5.41, 5.74) is 0. The van der Waals surface area contributed by atoms with E-state index in [2.05, 4.69) is 20.4 Å². The first-order valence-corrected chi connectivity index (χ1v) is 6.90. The van der Waals surface area contributed by atoms with E-state index in [0.29, 0.717) is 12.5 Å². The van der Waals surface area contributed by atoms with Crippen LogP contribution >= 0.6 is 0 Å². The van der Waals surface area contributed by atoms with Gasteiger partial charge >= 0.3 is 11.9 Å². The molecule has 1 N–H and O–H groups in total. The zero-order valence-electron chi connectivity index (χ0n) is 12.6. The molecule has 1 unspecified atom stereocenters. The van der Waals surface area contributed by atoms with Crippen molar-refractivity contribution in [2.24, 2.45) is 11.8 Å². The Labute approximate surface area is 116 Å². The molecule has 0 aromatic carbocycles. The van der Waals surface area contributed by atoms with Crippen molar-refractivity contribution in [1.82, 2.24) is 0 Å². The standard InChI is InChI=1S/C11H20O2.C4H8O2/c1-4-7-8-10(5-2)9-13-11(12)6-3;1-3(2)4(5)6/h6,10H,3-5,7-9H2,1-2H3;3H,1-2H3,(H,5,6). The molecule has 0 aliphatic rings. The normalized spacial score (nSPS) is 11.2. The average Bonchev–Trinajstić information content (AvgIpc) is 2.39. The first-order chi connectivity index (χ1) is 8.88. The SMILES string of the molecule is C=CC(=O)OCC(CC)CCCC.CC(C)C(=O)O. The molecule has 0 radical (unpaired) electrons. The van der Waals surface area contributed by atoms with Crippen molar-refractivity contribution in [3.8, 4) is 0 Å². The number of carbonyl (C=O) groups is 2. The number of aliphatic carboxylic acids is 1. The molecule has 4 heteroatoms. The van der Waals surface area contributed by atoms with E-state index in [-0.39, 0.29) is 11.9 Å². The van der Waals surface area contributed by atoms with E-state index < -0.39 is 5.97 Å². The maximum atomic E-state index is 10.8. The summed E-state index contributed by atoms with van der Waals surface area (Å²) >= 11 is 0. The fourth-order valence-electron chi connectivity index (χ4n) is 1.16. The van der Waals surface area contributed by atoms with Crippen molar-refractivity contribution >= 4 is 11.9 Å². The molecule has 1 atom stereocenters. The number of carboxylic acid groups (broad SMARTS) is 1. The fourth-order valence-corrected chi connectivity index (χ4v) is 1.16. The van der Waals surface area contributed by atoms with Crippen molar-refractivity contribution in [2.75, 3.05) is 6.61 Å². The predicted octanol–water partition coefficient (Wildman–Crippen LogP) is 3.66. The number of carbonyl (C=O) groups excluding carboxylic acids is 1. The highest BCUT2D eigenvalue weighted by molar-refractivity contribution is 5.81. The minimum atomic E-state index is -0.741. The predicted molar refractivity (Wildman–Crippen MR) is 76.9 cm³/mol.